The predicted molar refractivity (Wildman–Crippen MR) is 118 cm³/mol. The van der Waals surface area contributed by atoms with Crippen molar-refractivity contribution >= 4 is 34.2 Å². The number of benzene rings is 2. The molecule has 0 saturated carbocycles. The first kappa shape index (κ1) is 20.9. The molecular formula is C21H25IN2O4. The fraction of sp³-hybridized carbons (Fsp3) is 0.381. The second kappa shape index (κ2) is 10.1. The van der Waals surface area contributed by atoms with Gasteiger partial charge in [0, 0.05) is 28.9 Å². The van der Waals surface area contributed by atoms with Gasteiger partial charge in [-0.1, -0.05) is 12.1 Å². The van der Waals surface area contributed by atoms with Crippen LogP contribution in [0.3, 0.4) is 0 Å². The number of carbonyl (C=O) groups is 1. The van der Waals surface area contributed by atoms with Crippen molar-refractivity contribution in [1.82, 2.24) is 4.90 Å². The second-order valence-corrected chi connectivity index (χ2v) is 7.70. The van der Waals surface area contributed by atoms with Gasteiger partial charge in [0.25, 0.3) is 5.91 Å². The average Bonchev–Trinajstić information content (AvgIpc) is 2.73. The highest BCUT2D eigenvalue weighted by Crippen LogP contribution is 2.31. The third kappa shape index (κ3) is 5.36. The van der Waals surface area contributed by atoms with Gasteiger partial charge in [-0.3, -0.25) is 9.69 Å². The average molecular weight is 496 g/mol. The van der Waals surface area contributed by atoms with Crippen molar-refractivity contribution in [1.29, 1.82) is 0 Å². The fourth-order valence-electron chi connectivity index (χ4n) is 3.09. The minimum Gasteiger partial charge on any atom is -0.493 e. The highest BCUT2D eigenvalue weighted by molar-refractivity contribution is 14.1. The van der Waals surface area contributed by atoms with Gasteiger partial charge >= 0.3 is 0 Å². The monoisotopic (exact) mass is 496 g/mol. The van der Waals surface area contributed by atoms with E-state index in [1.165, 1.54) is 5.56 Å². The Balaban J connectivity index is 1.61. The van der Waals surface area contributed by atoms with Crippen LogP contribution in [0.2, 0.25) is 0 Å². The molecule has 3 rings (SSSR count). The first-order chi connectivity index (χ1) is 13.6. The van der Waals surface area contributed by atoms with Gasteiger partial charge in [0.2, 0.25) is 0 Å². The topological polar surface area (TPSA) is 60.0 Å². The Kier molecular flexibility index (Phi) is 7.52. The van der Waals surface area contributed by atoms with Crippen molar-refractivity contribution in [2.45, 2.75) is 6.42 Å². The van der Waals surface area contributed by atoms with Gasteiger partial charge in [0.15, 0.2) is 11.5 Å². The molecule has 1 amide bonds. The molecule has 1 aliphatic rings. The number of nitrogens with zero attached hydrogens (tertiary/aromatic N) is 1. The van der Waals surface area contributed by atoms with Crippen molar-refractivity contribution in [2.24, 2.45) is 0 Å². The van der Waals surface area contributed by atoms with Crippen molar-refractivity contribution in [3.05, 3.63) is 51.1 Å². The summed E-state index contributed by atoms with van der Waals surface area (Å²) in [5.74, 6) is 0.964. The van der Waals surface area contributed by atoms with Gasteiger partial charge in [-0.05, 0) is 58.8 Å². The molecule has 0 radical (unpaired) electrons. The molecule has 1 aliphatic heterocycles. The van der Waals surface area contributed by atoms with Gasteiger partial charge in [0.05, 0.1) is 33.0 Å². The summed E-state index contributed by atoms with van der Waals surface area (Å²) in [7, 11) is 3.14. The SMILES string of the molecule is COc1cc(I)c(C(=O)Nc2ccc(CCN3CCOCC3)cc2)cc1OC. The van der Waals surface area contributed by atoms with E-state index >= 15 is 0 Å². The normalized spacial score (nSPS) is 14.5. The van der Waals surface area contributed by atoms with Crippen molar-refractivity contribution in [2.75, 3.05) is 52.4 Å². The number of hydrogen-bond donors (Lipinski definition) is 1. The molecule has 1 heterocycles. The zero-order valence-corrected chi connectivity index (χ0v) is 18.3. The molecule has 0 atom stereocenters. The quantitative estimate of drug-likeness (QED) is 0.596. The van der Waals surface area contributed by atoms with Crippen LogP contribution in [0.15, 0.2) is 36.4 Å². The molecular weight excluding hydrogens is 471 g/mol. The number of methoxy groups -OCH3 is 2. The van der Waals surface area contributed by atoms with Gasteiger partial charge in [-0.25, -0.2) is 0 Å². The Hall–Kier alpha value is -1.84. The molecule has 0 aromatic heterocycles. The van der Waals surface area contributed by atoms with Gasteiger partial charge in [-0.2, -0.15) is 0 Å². The van der Waals surface area contributed by atoms with Crippen LogP contribution in [0.1, 0.15) is 15.9 Å². The molecule has 7 heteroatoms. The fourth-order valence-corrected chi connectivity index (χ4v) is 3.78. The Morgan fingerprint density at radius 3 is 2.39 bits per heavy atom. The minimum absolute atomic E-state index is 0.175. The van der Waals surface area contributed by atoms with Crippen molar-refractivity contribution < 1.29 is 19.0 Å². The van der Waals surface area contributed by atoms with Crippen molar-refractivity contribution in [3.8, 4) is 11.5 Å². The molecule has 0 aliphatic carbocycles. The van der Waals surface area contributed by atoms with E-state index in [9.17, 15) is 4.79 Å². The van der Waals surface area contributed by atoms with E-state index in [1.54, 1.807) is 26.4 Å². The van der Waals surface area contributed by atoms with Crippen LogP contribution in [-0.4, -0.2) is 57.9 Å². The second-order valence-electron chi connectivity index (χ2n) is 6.54. The number of nitrogens with one attached hydrogen (secondary N) is 1. The summed E-state index contributed by atoms with van der Waals surface area (Å²) in [5.41, 5.74) is 2.57. The molecule has 0 bridgehead atoms. The molecule has 1 fully saturated rings. The number of halogens is 1. The molecule has 1 N–H and O–H groups in total. The molecule has 1 saturated heterocycles. The molecule has 6 nitrogen and oxygen atoms in total. The third-order valence-electron chi connectivity index (χ3n) is 4.75. The summed E-state index contributed by atoms with van der Waals surface area (Å²) >= 11 is 2.13. The molecule has 0 spiro atoms. The number of carbonyl (C=O) groups excluding carboxylic acids is 1. The van der Waals surface area contributed by atoms with E-state index in [2.05, 4.69) is 44.9 Å². The molecule has 28 heavy (non-hydrogen) atoms. The van der Waals surface area contributed by atoms with Gasteiger partial charge in [-0.15, -0.1) is 0 Å². The highest BCUT2D eigenvalue weighted by Gasteiger charge is 2.16. The number of rotatable bonds is 7. The van der Waals surface area contributed by atoms with Crippen LogP contribution in [0, 0.1) is 3.57 Å². The van der Waals surface area contributed by atoms with E-state index in [1.807, 2.05) is 12.1 Å². The lowest BCUT2D eigenvalue weighted by Crippen LogP contribution is -2.37. The van der Waals surface area contributed by atoms with Crippen LogP contribution >= 0.6 is 22.6 Å². The van der Waals surface area contributed by atoms with E-state index in [0.717, 1.165) is 48.5 Å². The predicted octanol–water partition coefficient (Wildman–Crippen LogP) is 3.44. The summed E-state index contributed by atoms with van der Waals surface area (Å²) in [5, 5.41) is 2.95. The zero-order valence-electron chi connectivity index (χ0n) is 16.2. The zero-order chi connectivity index (χ0) is 19.9. The van der Waals surface area contributed by atoms with Crippen LogP contribution in [0.4, 0.5) is 5.69 Å². The number of amides is 1. The van der Waals surface area contributed by atoms with Crippen LogP contribution in [-0.2, 0) is 11.2 Å². The highest BCUT2D eigenvalue weighted by atomic mass is 127. The maximum absolute atomic E-state index is 12.7. The lowest BCUT2D eigenvalue weighted by molar-refractivity contribution is 0.0384. The Labute approximate surface area is 179 Å². The lowest BCUT2D eigenvalue weighted by atomic mass is 10.1. The Bertz CT molecular complexity index is 805. The Morgan fingerprint density at radius 2 is 1.75 bits per heavy atom. The van der Waals surface area contributed by atoms with Gasteiger partial charge < -0.3 is 19.5 Å². The largest absolute Gasteiger partial charge is 0.493 e. The summed E-state index contributed by atoms with van der Waals surface area (Å²) in [6.45, 7) is 4.66. The third-order valence-corrected chi connectivity index (χ3v) is 5.64. The van der Waals surface area contributed by atoms with E-state index < -0.39 is 0 Å². The summed E-state index contributed by atoms with van der Waals surface area (Å²) in [6.07, 6.45) is 0.988. The summed E-state index contributed by atoms with van der Waals surface area (Å²) < 4.78 is 16.8. The molecule has 150 valence electrons. The maximum atomic E-state index is 12.7. The van der Waals surface area contributed by atoms with Crippen LogP contribution < -0.4 is 14.8 Å². The maximum Gasteiger partial charge on any atom is 0.256 e. The van der Waals surface area contributed by atoms with Crippen LogP contribution in [0.5, 0.6) is 11.5 Å². The smallest absolute Gasteiger partial charge is 0.256 e. The first-order valence-corrected chi connectivity index (χ1v) is 10.3. The number of ether oxygens (including phenoxy) is 3. The Morgan fingerprint density at radius 1 is 1.11 bits per heavy atom. The van der Waals surface area contributed by atoms with Crippen molar-refractivity contribution in [3.63, 3.8) is 0 Å². The van der Waals surface area contributed by atoms with Crippen LogP contribution in [0.25, 0.3) is 0 Å². The van der Waals surface area contributed by atoms with Gasteiger partial charge in [0.1, 0.15) is 0 Å². The molecule has 0 unspecified atom stereocenters. The standard InChI is InChI=1S/C21H25IN2O4/c1-26-19-13-17(18(22)14-20(19)27-2)21(25)23-16-5-3-15(4-6-16)7-8-24-9-11-28-12-10-24/h3-6,13-14H,7-12H2,1-2H3,(H,23,25). The molecule has 2 aromatic rings. The van der Waals surface area contributed by atoms with E-state index in [0.29, 0.717) is 17.1 Å². The van der Waals surface area contributed by atoms with E-state index in [-0.39, 0.29) is 5.91 Å². The minimum atomic E-state index is -0.175. The van der Waals surface area contributed by atoms with E-state index in [4.69, 9.17) is 14.2 Å². The first-order valence-electron chi connectivity index (χ1n) is 9.22. The summed E-state index contributed by atoms with van der Waals surface area (Å²) in [6, 6.07) is 11.5. The molecule has 2 aromatic carbocycles. The number of anilines is 1. The summed E-state index contributed by atoms with van der Waals surface area (Å²) in [4.78, 5) is 15.1. The number of morpholine rings is 1. The number of hydrogen-bond acceptors (Lipinski definition) is 5. The lowest BCUT2D eigenvalue weighted by Gasteiger charge is -2.26.